The molecular formula is C17H16BrN2O2S-. The highest BCUT2D eigenvalue weighted by Gasteiger charge is 2.12. The van der Waals surface area contributed by atoms with Crippen LogP contribution in [0.5, 0.6) is 0 Å². The summed E-state index contributed by atoms with van der Waals surface area (Å²) in [5.41, 5.74) is 3.38. The van der Waals surface area contributed by atoms with E-state index in [1.807, 2.05) is 43.3 Å². The number of halogens is 1. The van der Waals surface area contributed by atoms with Gasteiger partial charge in [-0.3, -0.25) is 9.19 Å². The Kier molecular flexibility index (Phi) is 6.27. The van der Waals surface area contributed by atoms with Crippen LogP contribution in [0.2, 0.25) is 0 Å². The van der Waals surface area contributed by atoms with Crippen molar-refractivity contribution in [3.63, 3.8) is 0 Å². The second kappa shape index (κ2) is 8.19. The molecule has 23 heavy (non-hydrogen) atoms. The minimum absolute atomic E-state index is 0.201. The summed E-state index contributed by atoms with van der Waals surface area (Å²) >= 11 is 1.04. The Bertz CT molecular complexity index is 748. The zero-order valence-electron chi connectivity index (χ0n) is 12.6. The smallest absolute Gasteiger partial charge is 0.0480 e. The summed E-state index contributed by atoms with van der Waals surface area (Å²) in [6.07, 6.45) is 4.87. The number of benzene rings is 1. The highest BCUT2D eigenvalue weighted by atomic mass is 79.9. The van der Waals surface area contributed by atoms with Crippen LogP contribution >= 0.6 is 15.9 Å². The first kappa shape index (κ1) is 17.6. The molecule has 1 aromatic carbocycles. The van der Waals surface area contributed by atoms with Gasteiger partial charge in [-0.25, -0.2) is 0 Å². The number of aryl methyl sites for hydroxylation is 1. The van der Waals surface area contributed by atoms with Crippen LogP contribution < -0.4 is 0 Å². The molecule has 1 heterocycles. The molecule has 6 heteroatoms. The van der Waals surface area contributed by atoms with Crippen LogP contribution in [0, 0.1) is 6.92 Å². The largest absolute Gasteiger partial charge is 0.755 e. The van der Waals surface area contributed by atoms with E-state index < -0.39 is 11.3 Å². The Labute approximate surface area is 147 Å². The minimum atomic E-state index is -2.38. The molecule has 0 bridgehead atoms. The first-order valence-corrected chi connectivity index (χ1v) is 8.72. The summed E-state index contributed by atoms with van der Waals surface area (Å²) in [6, 6.07) is 11.5. The molecule has 2 aromatic rings. The van der Waals surface area contributed by atoms with Gasteiger partial charge < -0.3 is 8.86 Å². The summed E-state index contributed by atoms with van der Waals surface area (Å²) < 4.78 is 24.9. The third-order valence-electron chi connectivity index (χ3n) is 3.20. The van der Waals surface area contributed by atoms with E-state index in [1.54, 1.807) is 18.5 Å². The monoisotopic (exact) mass is 391 g/mol. The molecule has 0 spiro atoms. The number of aromatic nitrogens is 1. The Morgan fingerprint density at radius 2 is 2.13 bits per heavy atom. The second-order valence-corrected chi connectivity index (χ2v) is 6.62. The lowest BCUT2D eigenvalue weighted by Gasteiger charge is -2.23. The zero-order chi connectivity index (χ0) is 16.8. The van der Waals surface area contributed by atoms with Crippen molar-refractivity contribution in [1.82, 2.24) is 9.29 Å². The van der Waals surface area contributed by atoms with Gasteiger partial charge in [0.1, 0.15) is 0 Å². The maximum absolute atomic E-state index is 11.4. The molecular weight excluding hydrogens is 376 g/mol. The number of hydrogen-bond donors (Lipinski definition) is 0. The van der Waals surface area contributed by atoms with Crippen molar-refractivity contribution >= 4 is 32.8 Å². The summed E-state index contributed by atoms with van der Waals surface area (Å²) in [6.45, 7) is 5.70. The number of rotatable bonds is 6. The van der Waals surface area contributed by atoms with Gasteiger partial charge in [0.2, 0.25) is 0 Å². The molecule has 2 rings (SSSR count). The van der Waals surface area contributed by atoms with Gasteiger partial charge in [0.15, 0.2) is 0 Å². The highest BCUT2D eigenvalue weighted by Crippen LogP contribution is 2.28. The van der Waals surface area contributed by atoms with Gasteiger partial charge in [0.05, 0.1) is 0 Å². The SMILES string of the molecule is C=CCN(/C=C(\c1ccccc1)c1cc(Br)cnc1C)S(=O)[O-]. The molecule has 0 amide bonds. The van der Waals surface area contributed by atoms with Gasteiger partial charge in [-0.15, -0.1) is 6.58 Å². The molecule has 0 saturated heterocycles. The van der Waals surface area contributed by atoms with Crippen LogP contribution in [0.4, 0.5) is 0 Å². The first-order chi connectivity index (χ1) is 11.0. The van der Waals surface area contributed by atoms with Gasteiger partial charge in [0.25, 0.3) is 0 Å². The summed E-state index contributed by atoms with van der Waals surface area (Å²) in [7, 11) is 0. The predicted molar refractivity (Wildman–Crippen MR) is 96.0 cm³/mol. The molecule has 0 aliphatic heterocycles. The standard InChI is InChI=1S/C17H17BrN2O2S/c1-3-9-20(23(21)22)12-17(14-7-5-4-6-8-14)16-10-15(18)11-19-13(16)2/h3-8,10-12H,1,9H2,2H3,(H,21,22)/p-1/b17-12+. The van der Waals surface area contributed by atoms with Gasteiger partial charge in [-0.05, 0) is 34.5 Å². The second-order valence-electron chi connectivity index (χ2n) is 4.80. The van der Waals surface area contributed by atoms with E-state index in [2.05, 4.69) is 27.5 Å². The van der Waals surface area contributed by atoms with Gasteiger partial charge in [-0.2, -0.15) is 0 Å². The summed E-state index contributed by atoms with van der Waals surface area (Å²) in [5, 5.41) is 0. The third kappa shape index (κ3) is 4.60. The number of nitrogens with zero attached hydrogens (tertiary/aromatic N) is 2. The van der Waals surface area contributed by atoms with Gasteiger partial charge in [0, 0.05) is 51.5 Å². The number of pyridine rings is 1. The average molecular weight is 392 g/mol. The van der Waals surface area contributed by atoms with Crippen molar-refractivity contribution in [2.24, 2.45) is 0 Å². The molecule has 120 valence electrons. The molecule has 0 saturated carbocycles. The fraction of sp³-hybridized carbons (Fsp3) is 0.118. The molecule has 0 aliphatic carbocycles. The van der Waals surface area contributed by atoms with E-state index in [0.717, 1.165) is 26.9 Å². The van der Waals surface area contributed by atoms with Crippen molar-refractivity contribution in [3.05, 3.63) is 82.7 Å². The predicted octanol–water partition coefficient (Wildman–Crippen LogP) is 3.82. The average Bonchev–Trinajstić information content (AvgIpc) is 2.54. The lowest BCUT2D eigenvalue weighted by molar-refractivity contribution is 0.473. The van der Waals surface area contributed by atoms with Crippen molar-refractivity contribution in [2.75, 3.05) is 6.54 Å². The van der Waals surface area contributed by atoms with Crippen LogP contribution in [0.3, 0.4) is 0 Å². The zero-order valence-corrected chi connectivity index (χ0v) is 15.0. The Balaban J connectivity index is 2.63. The van der Waals surface area contributed by atoms with E-state index in [1.165, 1.54) is 4.31 Å². The van der Waals surface area contributed by atoms with Crippen LogP contribution in [0.15, 0.2) is 65.9 Å². The Hall–Kier alpha value is -1.76. The molecule has 0 radical (unpaired) electrons. The molecule has 1 atom stereocenters. The van der Waals surface area contributed by atoms with Gasteiger partial charge >= 0.3 is 0 Å². The van der Waals surface area contributed by atoms with E-state index in [4.69, 9.17) is 0 Å². The Morgan fingerprint density at radius 1 is 1.43 bits per heavy atom. The van der Waals surface area contributed by atoms with Gasteiger partial charge in [-0.1, -0.05) is 36.4 Å². The Morgan fingerprint density at radius 3 is 2.74 bits per heavy atom. The molecule has 0 aliphatic rings. The molecule has 1 aromatic heterocycles. The molecule has 4 nitrogen and oxygen atoms in total. The van der Waals surface area contributed by atoms with Crippen LogP contribution in [-0.2, 0) is 11.3 Å². The normalized spacial score (nSPS) is 12.7. The minimum Gasteiger partial charge on any atom is -0.755 e. The van der Waals surface area contributed by atoms with Crippen LogP contribution in [0.1, 0.15) is 16.8 Å². The van der Waals surface area contributed by atoms with E-state index in [-0.39, 0.29) is 6.54 Å². The van der Waals surface area contributed by atoms with Crippen LogP contribution in [-0.4, -0.2) is 24.6 Å². The van der Waals surface area contributed by atoms with Crippen molar-refractivity contribution in [2.45, 2.75) is 6.92 Å². The quantitative estimate of drug-likeness (QED) is 0.555. The third-order valence-corrected chi connectivity index (χ3v) is 4.27. The maximum Gasteiger partial charge on any atom is 0.0480 e. The summed E-state index contributed by atoms with van der Waals surface area (Å²) in [5.74, 6) is 0. The number of hydrogen-bond acceptors (Lipinski definition) is 3. The molecule has 0 N–H and O–H groups in total. The lowest BCUT2D eigenvalue weighted by atomic mass is 9.98. The summed E-state index contributed by atoms with van der Waals surface area (Å²) in [4.78, 5) is 4.34. The van der Waals surface area contributed by atoms with E-state index >= 15 is 0 Å². The highest BCUT2D eigenvalue weighted by molar-refractivity contribution is 9.10. The van der Waals surface area contributed by atoms with E-state index in [9.17, 15) is 8.76 Å². The lowest BCUT2D eigenvalue weighted by Crippen LogP contribution is -2.20. The van der Waals surface area contributed by atoms with E-state index in [0.29, 0.717) is 0 Å². The molecule has 1 unspecified atom stereocenters. The van der Waals surface area contributed by atoms with Crippen LogP contribution in [0.25, 0.3) is 5.57 Å². The fourth-order valence-corrected chi connectivity index (χ4v) is 2.88. The fourth-order valence-electron chi connectivity index (χ4n) is 2.13. The van der Waals surface area contributed by atoms with Crippen molar-refractivity contribution in [3.8, 4) is 0 Å². The first-order valence-electron chi connectivity index (χ1n) is 6.89. The topological polar surface area (TPSA) is 56.3 Å². The molecule has 0 fully saturated rings. The maximum atomic E-state index is 11.4. The van der Waals surface area contributed by atoms with Crippen molar-refractivity contribution < 1.29 is 8.76 Å². The van der Waals surface area contributed by atoms with Crippen molar-refractivity contribution in [1.29, 1.82) is 0 Å².